The first-order chi connectivity index (χ1) is 17.5. The summed E-state index contributed by atoms with van der Waals surface area (Å²) >= 11 is 0. The molecule has 3 rings (SSSR count). The van der Waals surface area contributed by atoms with E-state index in [0.717, 1.165) is 25.2 Å². The van der Waals surface area contributed by atoms with Gasteiger partial charge in [-0.15, -0.1) is 0 Å². The van der Waals surface area contributed by atoms with E-state index in [0.29, 0.717) is 23.2 Å². The number of carboxylic acid groups (broad SMARTS) is 1. The second-order valence-electron chi connectivity index (χ2n) is 13.1. The number of aliphatic carboxylic acids is 1. The number of fused-ring (bicyclic) bond motifs is 1. The molecule has 0 heterocycles. The van der Waals surface area contributed by atoms with Crippen LogP contribution in [0.3, 0.4) is 0 Å². The second-order valence-corrected chi connectivity index (χ2v) is 13.1. The average Bonchev–Trinajstić information content (AvgIpc) is 2.88. The monoisotopic (exact) mass is 516 g/mol. The first kappa shape index (κ1) is 34.0. The Bertz CT molecular complexity index is 752. The molecular weight excluding hydrogens is 452 g/mol. The minimum atomic E-state index is -0.616. The molecule has 0 spiro atoms. The minimum absolute atomic E-state index is 0.0685. The van der Waals surface area contributed by atoms with Crippen molar-refractivity contribution in [3.63, 3.8) is 0 Å². The van der Waals surface area contributed by atoms with Crippen LogP contribution in [0.1, 0.15) is 140 Å². The Hall–Kier alpha value is -1.05. The number of carbonyl (C=O) groups is 1. The van der Waals surface area contributed by atoms with E-state index in [1.165, 1.54) is 44.9 Å². The molecule has 3 saturated carbocycles. The fraction of sp³-hybridized carbons (Fsp3) is 0.857. The van der Waals surface area contributed by atoms with E-state index >= 15 is 0 Å². The maximum atomic E-state index is 12.1. The highest BCUT2D eigenvalue weighted by atomic mass is 16.4. The summed E-state index contributed by atoms with van der Waals surface area (Å²) in [6, 6.07) is 0. The molecule has 0 aliphatic heterocycles. The van der Waals surface area contributed by atoms with E-state index < -0.39 is 5.97 Å². The Morgan fingerprint density at radius 1 is 1.05 bits per heavy atom. The smallest absolute Gasteiger partial charge is 0.306 e. The molecule has 0 bridgehead atoms. The third kappa shape index (κ3) is 6.58. The summed E-state index contributed by atoms with van der Waals surface area (Å²) in [6.07, 6.45) is 16.9. The van der Waals surface area contributed by atoms with Crippen LogP contribution in [0.4, 0.5) is 0 Å². The van der Waals surface area contributed by atoms with Crippen molar-refractivity contribution < 1.29 is 9.90 Å². The lowest BCUT2D eigenvalue weighted by Gasteiger charge is -2.62. The van der Waals surface area contributed by atoms with Crippen molar-refractivity contribution in [3.05, 3.63) is 24.3 Å². The van der Waals surface area contributed by atoms with Gasteiger partial charge < -0.3 is 5.11 Å². The van der Waals surface area contributed by atoms with Crippen LogP contribution in [-0.2, 0) is 4.79 Å². The van der Waals surface area contributed by atoms with Gasteiger partial charge in [-0.1, -0.05) is 126 Å². The number of hydrogen-bond acceptors (Lipinski definition) is 1. The van der Waals surface area contributed by atoms with E-state index in [4.69, 9.17) is 0 Å². The molecule has 1 N–H and O–H groups in total. The highest BCUT2D eigenvalue weighted by molar-refractivity contribution is 5.70. The molecule has 0 aromatic rings. The zero-order valence-corrected chi connectivity index (χ0v) is 26.8. The maximum absolute atomic E-state index is 12.1. The molecule has 0 saturated heterocycles. The van der Waals surface area contributed by atoms with Crippen LogP contribution in [0.2, 0.25) is 0 Å². The van der Waals surface area contributed by atoms with Crippen molar-refractivity contribution in [1.82, 2.24) is 0 Å². The van der Waals surface area contributed by atoms with Crippen LogP contribution in [0.25, 0.3) is 0 Å². The van der Waals surface area contributed by atoms with Gasteiger partial charge in [-0.25, -0.2) is 0 Å². The van der Waals surface area contributed by atoms with Gasteiger partial charge in [-0.05, 0) is 84.4 Å². The van der Waals surface area contributed by atoms with Gasteiger partial charge in [0.25, 0.3) is 0 Å². The number of rotatable bonds is 7. The van der Waals surface area contributed by atoms with Crippen molar-refractivity contribution in [2.45, 2.75) is 140 Å². The summed E-state index contributed by atoms with van der Waals surface area (Å²) in [5, 5.41) is 9.94. The summed E-state index contributed by atoms with van der Waals surface area (Å²) in [5.74, 6) is 1.88. The van der Waals surface area contributed by atoms with Crippen molar-refractivity contribution in [2.75, 3.05) is 0 Å². The van der Waals surface area contributed by atoms with E-state index in [-0.39, 0.29) is 22.7 Å². The average molecular weight is 517 g/mol. The molecule has 0 amide bonds. The molecule has 2 heteroatoms. The van der Waals surface area contributed by atoms with Crippen LogP contribution in [0.15, 0.2) is 24.3 Å². The van der Waals surface area contributed by atoms with Crippen LogP contribution in [0.5, 0.6) is 0 Å². The SMILES string of the molecule is C=C/C=C1/C2C(C)CCCC2(C)CCC1C1(C)CCC([C@@H](C)C(=O)O)C(C)(CCCC)C1C.CC.CC. The van der Waals surface area contributed by atoms with Crippen LogP contribution in [-0.4, -0.2) is 11.1 Å². The fourth-order valence-electron chi connectivity index (χ4n) is 9.29. The number of allylic oxidation sites excluding steroid dienone is 3. The molecule has 0 aromatic heterocycles. The van der Waals surface area contributed by atoms with Gasteiger partial charge in [-0.2, -0.15) is 0 Å². The summed E-state index contributed by atoms with van der Waals surface area (Å²) in [7, 11) is 0. The standard InChI is InChI=1S/C31H52O2.2C2H6/c1-9-11-18-30(7)23(5)31(8,20-16-25(30)22(4)28(32)33)26-15-19-29(6)17-12-14-21(3)27(29)24(26)13-10-2;2*1-2/h10,13,21-23,25-27H,2,9,11-12,14-20H2,1,3-8H3,(H,32,33);2*1-2H3/b24-13+;;/t21?,22-,23?,25?,26?,27?,29?,30?,31?;;/m1../s1. The lowest BCUT2D eigenvalue weighted by molar-refractivity contribution is -0.154. The van der Waals surface area contributed by atoms with Gasteiger partial charge in [0.2, 0.25) is 0 Å². The maximum Gasteiger partial charge on any atom is 0.306 e. The quantitative estimate of drug-likeness (QED) is 0.365. The Labute approximate surface area is 232 Å². The third-order valence-electron chi connectivity index (χ3n) is 11.5. The molecule has 0 aromatic carbocycles. The molecular formula is C35H64O2. The molecule has 3 fully saturated rings. The van der Waals surface area contributed by atoms with Crippen molar-refractivity contribution in [2.24, 2.45) is 51.8 Å². The van der Waals surface area contributed by atoms with Crippen molar-refractivity contribution >= 4 is 5.97 Å². The molecule has 9 atom stereocenters. The number of unbranched alkanes of at least 4 members (excludes halogenated alkanes) is 1. The first-order valence-corrected chi connectivity index (χ1v) is 16.0. The summed E-state index contributed by atoms with van der Waals surface area (Å²) in [4.78, 5) is 12.1. The lowest BCUT2D eigenvalue weighted by atomic mass is 9.42. The Morgan fingerprint density at radius 2 is 1.68 bits per heavy atom. The molecule has 216 valence electrons. The number of hydrogen-bond donors (Lipinski definition) is 1. The van der Waals surface area contributed by atoms with Gasteiger partial charge >= 0.3 is 5.97 Å². The predicted molar refractivity (Wildman–Crippen MR) is 163 cm³/mol. The van der Waals surface area contributed by atoms with E-state index in [1.54, 1.807) is 5.57 Å². The zero-order valence-electron chi connectivity index (χ0n) is 26.8. The van der Waals surface area contributed by atoms with Gasteiger partial charge in [0.15, 0.2) is 0 Å². The van der Waals surface area contributed by atoms with E-state index in [9.17, 15) is 9.90 Å². The van der Waals surface area contributed by atoms with Crippen molar-refractivity contribution in [3.8, 4) is 0 Å². The molecule has 3 aliphatic carbocycles. The summed E-state index contributed by atoms with van der Waals surface area (Å²) in [5.41, 5.74) is 2.40. The minimum Gasteiger partial charge on any atom is -0.481 e. The van der Waals surface area contributed by atoms with Gasteiger partial charge in [0.05, 0.1) is 5.92 Å². The third-order valence-corrected chi connectivity index (χ3v) is 11.5. The molecule has 8 unspecified atom stereocenters. The predicted octanol–water partition coefficient (Wildman–Crippen LogP) is 11.0. The molecule has 37 heavy (non-hydrogen) atoms. The Kier molecular flexibility index (Phi) is 13.2. The van der Waals surface area contributed by atoms with Crippen LogP contribution < -0.4 is 0 Å². The zero-order chi connectivity index (χ0) is 28.6. The topological polar surface area (TPSA) is 37.3 Å². The van der Waals surface area contributed by atoms with Gasteiger partial charge in [0.1, 0.15) is 0 Å². The highest BCUT2D eigenvalue weighted by Crippen LogP contribution is 2.66. The van der Waals surface area contributed by atoms with Crippen LogP contribution >= 0.6 is 0 Å². The van der Waals surface area contributed by atoms with E-state index in [2.05, 4.69) is 60.3 Å². The normalized spacial score (nSPS) is 41.3. The van der Waals surface area contributed by atoms with Crippen LogP contribution in [0, 0.1) is 51.8 Å². The highest BCUT2D eigenvalue weighted by Gasteiger charge is 2.58. The Balaban J connectivity index is 0.00000163. The summed E-state index contributed by atoms with van der Waals surface area (Å²) < 4.78 is 0. The molecule has 0 radical (unpaired) electrons. The molecule has 2 nitrogen and oxygen atoms in total. The van der Waals surface area contributed by atoms with E-state index in [1.807, 2.05) is 34.6 Å². The molecule has 3 aliphatic rings. The van der Waals surface area contributed by atoms with Crippen molar-refractivity contribution in [1.29, 1.82) is 0 Å². The lowest BCUT2D eigenvalue weighted by Crippen LogP contribution is -2.55. The van der Waals surface area contributed by atoms with Gasteiger partial charge in [-0.3, -0.25) is 4.79 Å². The van der Waals surface area contributed by atoms with Gasteiger partial charge in [0, 0.05) is 0 Å². The first-order valence-electron chi connectivity index (χ1n) is 16.0. The summed E-state index contributed by atoms with van der Waals surface area (Å²) in [6.45, 7) is 28.9. The second kappa shape index (κ2) is 14.4. The largest absolute Gasteiger partial charge is 0.481 e. The fourth-order valence-corrected chi connectivity index (χ4v) is 9.29. The number of carboxylic acids is 1. The Morgan fingerprint density at radius 3 is 2.22 bits per heavy atom.